The van der Waals surface area contributed by atoms with Crippen molar-refractivity contribution in [2.75, 3.05) is 6.61 Å². The van der Waals surface area contributed by atoms with E-state index >= 15 is 0 Å². The number of fused-ring (bicyclic) bond motifs is 2. The zero-order chi connectivity index (χ0) is 16.8. The van der Waals surface area contributed by atoms with E-state index in [0.717, 1.165) is 30.2 Å². The van der Waals surface area contributed by atoms with Gasteiger partial charge in [0.15, 0.2) is 0 Å². The van der Waals surface area contributed by atoms with Crippen LogP contribution in [0, 0.1) is 0 Å². The largest absolute Gasteiger partial charge is 0.444 e. The Morgan fingerprint density at radius 2 is 2.17 bits per heavy atom. The van der Waals surface area contributed by atoms with Crippen LogP contribution in [0.15, 0.2) is 22.7 Å². The molecule has 1 aliphatic carbocycles. The Morgan fingerprint density at radius 1 is 1.43 bits per heavy atom. The first-order valence-electron chi connectivity index (χ1n) is 8.19. The fraction of sp³-hybridized carbons (Fsp3) is 0.611. The van der Waals surface area contributed by atoms with E-state index in [2.05, 4.69) is 22.0 Å². The van der Waals surface area contributed by atoms with Crippen LogP contribution in [-0.2, 0) is 16.7 Å². The highest BCUT2D eigenvalue weighted by Gasteiger charge is 2.54. The van der Waals surface area contributed by atoms with Crippen LogP contribution in [-0.4, -0.2) is 34.3 Å². The second kappa shape index (κ2) is 5.78. The van der Waals surface area contributed by atoms with Gasteiger partial charge < -0.3 is 9.84 Å². The summed E-state index contributed by atoms with van der Waals surface area (Å²) in [7, 11) is 0. The number of nitrogens with zero attached hydrogens (tertiary/aromatic N) is 1. The highest BCUT2D eigenvalue weighted by Crippen LogP contribution is 2.52. The van der Waals surface area contributed by atoms with Gasteiger partial charge in [-0.3, -0.25) is 4.90 Å². The number of ether oxygens (including phenoxy) is 1. The Hall–Kier alpha value is -1.07. The molecular formula is C18H24BrNO3. The maximum Gasteiger partial charge on any atom is 0.411 e. The van der Waals surface area contributed by atoms with E-state index in [-0.39, 0.29) is 24.3 Å². The van der Waals surface area contributed by atoms with Crippen LogP contribution in [0.1, 0.15) is 51.2 Å². The van der Waals surface area contributed by atoms with Crippen molar-refractivity contribution in [3.63, 3.8) is 0 Å². The van der Waals surface area contributed by atoms with Gasteiger partial charge in [-0.1, -0.05) is 28.1 Å². The molecule has 1 spiro atoms. The Kier molecular flexibility index (Phi) is 4.21. The van der Waals surface area contributed by atoms with E-state index in [1.54, 1.807) is 0 Å². The second-order valence-corrected chi connectivity index (χ2v) is 8.38. The van der Waals surface area contributed by atoms with E-state index in [1.165, 1.54) is 11.1 Å². The van der Waals surface area contributed by atoms with E-state index in [0.29, 0.717) is 0 Å². The molecule has 5 heteroatoms. The predicted molar refractivity (Wildman–Crippen MR) is 92.3 cm³/mol. The lowest BCUT2D eigenvalue weighted by Gasteiger charge is -2.39. The van der Waals surface area contributed by atoms with Crippen molar-refractivity contribution < 1.29 is 14.6 Å². The molecule has 1 saturated heterocycles. The van der Waals surface area contributed by atoms with Crippen LogP contribution >= 0.6 is 15.9 Å². The average molecular weight is 382 g/mol. The Labute approximate surface area is 145 Å². The van der Waals surface area contributed by atoms with Gasteiger partial charge in [-0.05, 0) is 63.6 Å². The number of hydrogen-bond donors (Lipinski definition) is 1. The molecule has 0 saturated carbocycles. The Balaban J connectivity index is 2.02. The van der Waals surface area contributed by atoms with Gasteiger partial charge in [-0.25, -0.2) is 4.79 Å². The predicted octanol–water partition coefficient (Wildman–Crippen LogP) is 3.98. The summed E-state index contributed by atoms with van der Waals surface area (Å²) in [5, 5.41) is 9.77. The molecular weight excluding hydrogens is 358 g/mol. The van der Waals surface area contributed by atoms with Gasteiger partial charge in [0.05, 0.1) is 18.2 Å². The van der Waals surface area contributed by atoms with Gasteiger partial charge >= 0.3 is 6.09 Å². The van der Waals surface area contributed by atoms with Crippen molar-refractivity contribution in [2.24, 2.45) is 0 Å². The molecule has 0 bridgehead atoms. The smallest absolute Gasteiger partial charge is 0.411 e. The van der Waals surface area contributed by atoms with Crippen molar-refractivity contribution in [1.82, 2.24) is 4.90 Å². The minimum absolute atomic E-state index is 0.0235. The van der Waals surface area contributed by atoms with Crippen LogP contribution in [0.2, 0.25) is 0 Å². The number of amides is 1. The van der Waals surface area contributed by atoms with Gasteiger partial charge in [-0.15, -0.1) is 0 Å². The molecule has 0 radical (unpaired) electrons. The maximum absolute atomic E-state index is 12.9. The molecule has 2 unspecified atom stereocenters. The SMILES string of the molecule is CC(C)(C)OC(=O)N1C(CO)CCC12CCc1c(Br)cccc12. The van der Waals surface area contributed by atoms with Crippen LogP contribution in [0.25, 0.3) is 0 Å². The minimum atomic E-state index is -0.542. The second-order valence-electron chi connectivity index (χ2n) is 7.52. The third-order valence-electron chi connectivity index (χ3n) is 4.93. The minimum Gasteiger partial charge on any atom is -0.444 e. The number of aliphatic hydroxyl groups is 1. The lowest BCUT2D eigenvalue weighted by molar-refractivity contribution is -0.00985. The molecule has 1 aromatic carbocycles. The third kappa shape index (κ3) is 2.78. The lowest BCUT2D eigenvalue weighted by Crippen LogP contribution is -2.50. The first kappa shape index (κ1) is 16.8. The topological polar surface area (TPSA) is 49.8 Å². The molecule has 1 N–H and O–H groups in total. The van der Waals surface area contributed by atoms with Crippen LogP contribution in [0.5, 0.6) is 0 Å². The Morgan fingerprint density at radius 3 is 2.83 bits per heavy atom. The molecule has 1 fully saturated rings. The Bertz CT molecular complexity index is 625. The molecule has 0 aromatic heterocycles. The van der Waals surface area contributed by atoms with Gasteiger partial charge in [0, 0.05) is 4.47 Å². The standard InChI is InChI=1S/C18H24BrNO3/c1-17(2,3)23-16(22)20-12(11-21)7-9-18(20)10-8-13-14(18)5-4-6-15(13)19/h4-6,12,21H,7-11H2,1-3H3. The normalized spacial score (nSPS) is 26.7. The van der Waals surface area contributed by atoms with E-state index in [1.807, 2.05) is 37.8 Å². The summed E-state index contributed by atoms with van der Waals surface area (Å²) >= 11 is 3.63. The number of hydrogen-bond acceptors (Lipinski definition) is 3. The number of likely N-dealkylation sites (tertiary alicyclic amines) is 1. The van der Waals surface area contributed by atoms with E-state index in [9.17, 15) is 9.90 Å². The number of carbonyl (C=O) groups is 1. The summed E-state index contributed by atoms with van der Waals surface area (Å²) in [5.74, 6) is 0. The molecule has 3 rings (SSSR count). The summed E-state index contributed by atoms with van der Waals surface area (Å²) in [4.78, 5) is 14.7. The van der Waals surface area contributed by atoms with Gasteiger partial charge in [0.25, 0.3) is 0 Å². The van der Waals surface area contributed by atoms with Crippen molar-refractivity contribution in [3.8, 4) is 0 Å². The molecule has 1 amide bonds. The maximum atomic E-state index is 12.9. The zero-order valence-corrected chi connectivity index (χ0v) is 15.5. The lowest BCUT2D eigenvalue weighted by atomic mass is 9.89. The molecule has 1 aromatic rings. The monoisotopic (exact) mass is 381 g/mol. The summed E-state index contributed by atoms with van der Waals surface area (Å²) < 4.78 is 6.75. The first-order chi connectivity index (χ1) is 10.8. The van der Waals surface area contributed by atoms with E-state index in [4.69, 9.17) is 4.74 Å². The summed E-state index contributed by atoms with van der Waals surface area (Å²) in [6.45, 7) is 5.60. The number of benzene rings is 1. The number of rotatable bonds is 1. The van der Waals surface area contributed by atoms with Gasteiger partial charge in [0.2, 0.25) is 0 Å². The number of aliphatic hydroxyl groups excluding tert-OH is 1. The van der Waals surface area contributed by atoms with Crippen molar-refractivity contribution in [2.45, 2.75) is 63.6 Å². The molecule has 1 heterocycles. The van der Waals surface area contributed by atoms with Crippen LogP contribution < -0.4 is 0 Å². The van der Waals surface area contributed by atoms with Gasteiger partial charge in [-0.2, -0.15) is 0 Å². The van der Waals surface area contributed by atoms with Crippen molar-refractivity contribution in [3.05, 3.63) is 33.8 Å². The molecule has 2 atom stereocenters. The summed E-state index contributed by atoms with van der Waals surface area (Å²) in [6.07, 6.45) is 3.19. The van der Waals surface area contributed by atoms with Crippen molar-refractivity contribution in [1.29, 1.82) is 0 Å². The van der Waals surface area contributed by atoms with Crippen LogP contribution in [0.3, 0.4) is 0 Å². The zero-order valence-electron chi connectivity index (χ0n) is 13.9. The average Bonchev–Trinajstić information content (AvgIpc) is 3.01. The summed E-state index contributed by atoms with van der Waals surface area (Å²) in [6, 6.07) is 6.02. The molecule has 23 heavy (non-hydrogen) atoms. The number of carbonyl (C=O) groups excluding carboxylic acids is 1. The highest BCUT2D eigenvalue weighted by molar-refractivity contribution is 9.10. The quantitative estimate of drug-likeness (QED) is 0.799. The molecule has 4 nitrogen and oxygen atoms in total. The third-order valence-corrected chi connectivity index (χ3v) is 5.67. The first-order valence-corrected chi connectivity index (χ1v) is 8.99. The van der Waals surface area contributed by atoms with Crippen molar-refractivity contribution >= 4 is 22.0 Å². The fourth-order valence-electron chi connectivity index (χ4n) is 4.04. The van der Waals surface area contributed by atoms with Gasteiger partial charge in [0.1, 0.15) is 5.60 Å². The summed E-state index contributed by atoms with van der Waals surface area (Å²) in [5.41, 5.74) is 1.60. The highest BCUT2D eigenvalue weighted by atomic mass is 79.9. The van der Waals surface area contributed by atoms with E-state index < -0.39 is 5.60 Å². The molecule has 1 aliphatic heterocycles. The fourth-order valence-corrected chi connectivity index (χ4v) is 4.60. The van der Waals surface area contributed by atoms with Crippen LogP contribution in [0.4, 0.5) is 4.79 Å². The number of halogens is 1. The molecule has 126 valence electrons. The molecule has 2 aliphatic rings.